The molecule has 0 unspecified atom stereocenters. The van der Waals surface area contributed by atoms with Gasteiger partial charge in [-0.15, -0.1) is 0 Å². The fourth-order valence-corrected chi connectivity index (χ4v) is 5.75. The topological polar surface area (TPSA) is 97.0 Å². The van der Waals surface area contributed by atoms with Gasteiger partial charge in [-0.3, -0.25) is 4.98 Å². The molecule has 0 saturated heterocycles. The van der Waals surface area contributed by atoms with Crippen molar-refractivity contribution in [1.82, 2.24) is 14.3 Å². The predicted molar refractivity (Wildman–Crippen MR) is 122 cm³/mol. The van der Waals surface area contributed by atoms with Crippen molar-refractivity contribution in [3.05, 3.63) is 42.1 Å². The summed E-state index contributed by atoms with van der Waals surface area (Å²) < 4.78 is 35.9. The molecule has 8 heteroatoms. The molecule has 0 spiro atoms. The number of nitriles is 1. The van der Waals surface area contributed by atoms with Gasteiger partial charge < -0.3 is 9.30 Å². The van der Waals surface area contributed by atoms with Crippen LogP contribution in [0, 0.1) is 17.2 Å². The minimum absolute atomic E-state index is 0.0824. The molecule has 2 saturated carbocycles. The Kier molecular flexibility index (Phi) is 5.19. The number of sulfonamides is 1. The number of hydrogen-bond donors (Lipinski definition) is 1. The van der Waals surface area contributed by atoms with Crippen LogP contribution in [0.25, 0.3) is 22.3 Å². The van der Waals surface area contributed by atoms with Gasteiger partial charge in [0, 0.05) is 29.7 Å². The van der Waals surface area contributed by atoms with Crippen molar-refractivity contribution in [3.8, 4) is 23.2 Å². The van der Waals surface area contributed by atoms with Gasteiger partial charge >= 0.3 is 0 Å². The third kappa shape index (κ3) is 3.55. The Morgan fingerprint density at radius 1 is 1.22 bits per heavy atom. The maximum atomic E-state index is 12.8. The summed E-state index contributed by atoms with van der Waals surface area (Å²) in [7, 11) is -2.01. The second-order valence-electron chi connectivity index (χ2n) is 8.80. The number of fused-ring (bicyclic) bond motifs is 1. The van der Waals surface area contributed by atoms with Crippen LogP contribution in [-0.2, 0) is 10.0 Å². The molecule has 2 aromatic heterocycles. The average molecular weight is 451 g/mol. The van der Waals surface area contributed by atoms with E-state index in [9.17, 15) is 13.7 Å². The molecule has 3 aromatic rings. The van der Waals surface area contributed by atoms with Crippen molar-refractivity contribution in [2.24, 2.45) is 5.92 Å². The molecule has 5 rings (SSSR count). The van der Waals surface area contributed by atoms with Crippen LogP contribution in [-0.4, -0.2) is 31.1 Å². The molecule has 0 radical (unpaired) electrons. The first-order valence-electron chi connectivity index (χ1n) is 11.0. The van der Waals surface area contributed by atoms with Crippen molar-refractivity contribution < 1.29 is 13.2 Å². The Balaban J connectivity index is 1.59. The van der Waals surface area contributed by atoms with Gasteiger partial charge in [-0.05, 0) is 69.2 Å². The Labute approximate surface area is 188 Å². The minimum Gasteiger partial charge on any atom is -0.497 e. The van der Waals surface area contributed by atoms with E-state index in [2.05, 4.69) is 20.3 Å². The summed E-state index contributed by atoms with van der Waals surface area (Å²) in [6, 6.07) is 11.6. The van der Waals surface area contributed by atoms with E-state index in [-0.39, 0.29) is 17.0 Å². The summed E-state index contributed by atoms with van der Waals surface area (Å²) >= 11 is 0. The molecule has 166 valence electrons. The van der Waals surface area contributed by atoms with Crippen molar-refractivity contribution in [3.63, 3.8) is 0 Å². The fourth-order valence-electron chi connectivity index (χ4n) is 4.49. The van der Waals surface area contributed by atoms with Gasteiger partial charge in [0.2, 0.25) is 10.0 Å². The van der Waals surface area contributed by atoms with Crippen LogP contribution in [0.15, 0.2) is 41.4 Å². The molecule has 1 N–H and O–H groups in total. The molecule has 0 bridgehead atoms. The molecule has 0 aliphatic heterocycles. The van der Waals surface area contributed by atoms with Gasteiger partial charge in [0.1, 0.15) is 16.7 Å². The first kappa shape index (κ1) is 21.0. The number of ether oxygens (including phenoxy) is 1. The lowest BCUT2D eigenvalue weighted by Crippen LogP contribution is -2.34. The number of nitrogens with one attached hydrogen (secondary N) is 1. The van der Waals surface area contributed by atoms with Crippen LogP contribution in [0.4, 0.5) is 0 Å². The highest BCUT2D eigenvalue weighted by atomic mass is 32.2. The van der Waals surface area contributed by atoms with Gasteiger partial charge in [-0.25, -0.2) is 13.1 Å². The average Bonchev–Trinajstić information content (AvgIpc) is 3.56. The SMILES string of the molecule is COc1ccc2c(C#N)c(-c3ccc(S(=O)(=O)N[C@@H](C)C4CC4)cn3)n(C3CCC3)c2c1. The monoisotopic (exact) mass is 450 g/mol. The zero-order valence-electron chi connectivity index (χ0n) is 18.2. The number of aromatic nitrogens is 2. The largest absolute Gasteiger partial charge is 0.497 e. The van der Waals surface area contributed by atoms with Gasteiger partial charge in [0.05, 0.1) is 29.6 Å². The van der Waals surface area contributed by atoms with E-state index >= 15 is 0 Å². The molecule has 0 amide bonds. The molecular formula is C24H26N4O3S. The standard InChI is InChI=1S/C24H26N4O3S/c1-15(16-6-7-16)27-32(29,30)19-9-11-22(26-14-19)24-21(13-25)20-10-8-18(31-2)12-23(20)28(24)17-4-3-5-17/h8-12,14-17,27H,3-7H2,1-2H3/t15-/m0/s1. The molecule has 2 aliphatic carbocycles. The summed E-state index contributed by atoms with van der Waals surface area (Å²) in [6.45, 7) is 1.90. The lowest BCUT2D eigenvalue weighted by Gasteiger charge is -2.30. The van der Waals surface area contributed by atoms with Gasteiger partial charge in [0.15, 0.2) is 0 Å². The summed E-state index contributed by atoms with van der Waals surface area (Å²) in [5, 5.41) is 10.9. The third-order valence-electron chi connectivity index (χ3n) is 6.72. The highest BCUT2D eigenvalue weighted by Gasteiger charge is 2.32. The van der Waals surface area contributed by atoms with Crippen LogP contribution in [0.2, 0.25) is 0 Å². The number of benzene rings is 1. The Bertz CT molecular complexity index is 1310. The molecule has 2 fully saturated rings. The summed E-state index contributed by atoms with van der Waals surface area (Å²) in [5.74, 6) is 1.15. The fraction of sp³-hybridized carbons (Fsp3) is 0.417. The third-order valence-corrected chi connectivity index (χ3v) is 8.27. The zero-order chi connectivity index (χ0) is 22.5. The van der Waals surface area contributed by atoms with Crippen molar-refractivity contribution in [2.75, 3.05) is 7.11 Å². The molecular weight excluding hydrogens is 424 g/mol. The Morgan fingerprint density at radius 3 is 2.56 bits per heavy atom. The second kappa shape index (κ2) is 7.91. The summed E-state index contributed by atoms with van der Waals surface area (Å²) in [6.07, 6.45) is 6.73. The minimum atomic E-state index is -3.63. The van der Waals surface area contributed by atoms with Gasteiger partial charge in [0.25, 0.3) is 0 Å². The van der Waals surface area contributed by atoms with Crippen LogP contribution in [0.3, 0.4) is 0 Å². The summed E-state index contributed by atoms with van der Waals surface area (Å²) in [4.78, 5) is 4.65. The van der Waals surface area contributed by atoms with E-state index in [1.54, 1.807) is 19.2 Å². The summed E-state index contributed by atoms with van der Waals surface area (Å²) in [5.41, 5.74) is 2.83. The number of rotatable bonds is 7. The number of nitrogens with zero attached hydrogens (tertiary/aromatic N) is 3. The van der Waals surface area contributed by atoms with Crippen LogP contribution in [0.5, 0.6) is 5.75 Å². The first-order valence-corrected chi connectivity index (χ1v) is 12.5. The van der Waals surface area contributed by atoms with Gasteiger partial charge in [-0.2, -0.15) is 5.26 Å². The van der Waals surface area contributed by atoms with Crippen molar-refractivity contribution >= 4 is 20.9 Å². The highest BCUT2D eigenvalue weighted by Crippen LogP contribution is 2.43. The molecule has 2 aliphatic rings. The van der Waals surface area contributed by atoms with E-state index in [1.807, 2.05) is 25.1 Å². The predicted octanol–water partition coefficient (Wildman–Crippen LogP) is 4.39. The molecule has 2 heterocycles. The maximum absolute atomic E-state index is 12.8. The van der Waals surface area contributed by atoms with Crippen molar-refractivity contribution in [2.45, 2.75) is 56.0 Å². The second-order valence-corrected chi connectivity index (χ2v) is 10.5. The Morgan fingerprint density at radius 2 is 2.00 bits per heavy atom. The van der Waals surface area contributed by atoms with E-state index < -0.39 is 10.0 Å². The molecule has 7 nitrogen and oxygen atoms in total. The van der Waals surface area contributed by atoms with E-state index in [4.69, 9.17) is 4.74 Å². The quantitative estimate of drug-likeness (QED) is 0.576. The van der Waals surface area contributed by atoms with E-state index in [0.717, 1.165) is 54.5 Å². The number of pyridine rings is 1. The molecule has 1 aromatic carbocycles. The van der Waals surface area contributed by atoms with Gasteiger partial charge in [-0.1, -0.05) is 0 Å². The zero-order valence-corrected chi connectivity index (χ0v) is 19.0. The lowest BCUT2D eigenvalue weighted by molar-refractivity contribution is 0.323. The molecule has 32 heavy (non-hydrogen) atoms. The Hall–Kier alpha value is -2.89. The van der Waals surface area contributed by atoms with Crippen LogP contribution in [0.1, 0.15) is 50.6 Å². The smallest absolute Gasteiger partial charge is 0.242 e. The van der Waals surface area contributed by atoms with Crippen molar-refractivity contribution in [1.29, 1.82) is 5.26 Å². The normalized spacial score (nSPS) is 17.7. The number of methoxy groups -OCH3 is 1. The first-order chi connectivity index (χ1) is 15.4. The highest BCUT2D eigenvalue weighted by molar-refractivity contribution is 7.89. The van der Waals surface area contributed by atoms with E-state index in [1.165, 1.54) is 6.20 Å². The number of hydrogen-bond acceptors (Lipinski definition) is 5. The van der Waals surface area contributed by atoms with Crippen LogP contribution < -0.4 is 9.46 Å². The molecule has 1 atom stereocenters. The van der Waals surface area contributed by atoms with Crippen LogP contribution >= 0.6 is 0 Å². The lowest BCUT2D eigenvalue weighted by atomic mass is 9.92. The van der Waals surface area contributed by atoms with E-state index in [0.29, 0.717) is 17.2 Å². The maximum Gasteiger partial charge on any atom is 0.242 e.